The third-order valence-electron chi connectivity index (χ3n) is 2.06. The summed E-state index contributed by atoms with van der Waals surface area (Å²) in [7, 11) is -1.92. The minimum Gasteiger partial charge on any atom is -0.495 e. The molecule has 0 saturated heterocycles. The van der Waals surface area contributed by atoms with Crippen molar-refractivity contribution in [3.8, 4) is 5.75 Å². The Labute approximate surface area is 88.6 Å². The summed E-state index contributed by atoms with van der Waals surface area (Å²) in [6, 6.07) is 3.32. The van der Waals surface area contributed by atoms with Crippen LogP contribution in [0, 0.1) is 13.8 Å². The van der Waals surface area contributed by atoms with E-state index in [-0.39, 0.29) is 4.90 Å². The van der Waals surface area contributed by atoms with E-state index < -0.39 is 8.77 Å². The lowest BCUT2D eigenvalue weighted by atomic mass is 10.1. The van der Waals surface area contributed by atoms with Gasteiger partial charge in [0.1, 0.15) is 10.6 Å². The van der Waals surface area contributed by atoms with Crippen molar-refractivity contribution >= 4 is 20.0 Å². The van der Waals surface area contributed by atoms with Crippen molar-refractivity contribution in [1.82, 2.24) is 0 Å². The van der Waals surface area contributed by atoms with Crippen LogP contribution >= 0.6 is 0 Å². The number of hydrogen-bond donors (Lipinski definition) is 1. The van der Waals surface area contributed by atoms with Crippen LogP contribution in [0.4, 0.5) is 0 Å². The first-order valence-electron chi connectivity index (χ1n) is 3.99. The topological polar surface area (TPSA) is 46.5 Å². The number of hydrogen-bond acceptors (Lipinski definition) is 3. The first-order chi connectivity index (χ1) is 6.36. The van der Waals surface area contributed by atoms with E-state index in [0.29, 0.717) is 5.75 Å². The molecule has 5 heteroatoms. The zero-order valence-corrected chi connectivity index (χ0v) is 9.87. The fourth-order valence-corrected chi connectivity index (χ4v) is 2.24. The van der Waals surface area contributed by atoms with Gasteiger partial charge in [0.2, 0.25) is 0 Å². The smallest absolute Gasteiger partial charge is 0.174 e. The number of methoxy groups -OCH3 is 1. The molecule has 78 valence electrons. The molecule has 0 fully saturated rings. The van der Waals surface area contributed by atoms with Crippen LogP contribution in [0.15, 0.2) is 17.0 Å². The molecule has 0 amide bonds. The van der Waals surface area contributed by atoms with Crippen molar-refractivity contribution in [3.05, 3.63) is 23.3 Å². The summed E-state index contributed by atoms with van der Waals surface area (Å²) in [4.78, 5) is 0.179. The molecule has 0 bridgehead atoms. The third kappa shape index (κ3) is 2.23. The van der Waals surface area contributed by atoms with Crippen LogP contribution in [-0.2, 0) is 20.0 Å². The van der Waals surface area contributed by atoms with E-state index in [2.05, 4.69) is 11.2 Å². The van der Waals surface area contributed by atoms with Gasteiger partial charge in [-0.3, -0.25) is 0 Å². The third-order valence-corrected chi connectivity index (χ3v) is 3.47. The quantitative estimate of drug-likeness (QED) is 0.846. The largest absolute Gasteiger partial charge is 0.495 e. The Morgan fingerprint density at radius 2 is 1.86 bits per heavy atom. The molecule has 0 heterocycles. The number of ether oxygens (including phenoxy) is 1. The Morgan fingerprint density at radius 3 is 2.29 bits per heavy atom. The molecular weight excluding hydrogens is 220 g/mol. The van der Waals surface area contributed by atoms with Gasteiger partial charge in [-0.2, -0.15) is 0 Å². The van der Waals surface area contributed by atoms with E-state index in [0.717, 1.165) is 11.1 Å². The molecule has 0 aliphatic carbocycles. The van der Waals surface area contributed by atoms with Crippen LogP contribution in [0.25, 0.3) is 0 Å². The molecular formula is C9H12O3S2. The van der Waals surface area contributed by atoms with E-state index in [4.69, 9.17) is 4.74 Å². The maximum absolute atomic E-state index is 11.3. The molecule has 1 rings (SSSR count). The van der Waals surface area contributed by atoms with Crippen molar-refractivity contribution in [1.29, 1.82) is 0 Å². The molecule has 0 radical (unpaired) electrons. The monoisotopic (exact) mass is 232 g/mol. The fraction of sp³-hybridized carbons (Fsp3) is 0.333. The van der Waals surface area contributed by atoms with Crippen molar-refractivity contribution < 1.29 is 13.5 Å². The van der Waals surface area contributed by atoms with Crippen molar-refractivity contribution in [2.24, 2.45) is 0 Å². The first kappa shape index (κ1) is 11.4. The van der Waals surface area contributed by atoms with Gasteiger partial charge in [0.15, 0.2) is 8.77 Å². The minimum absolute atomic E-state index is 0.179. The second kappa shape index (κ2) is 3.84. The van der Waals surface area contributed by atoms with E-state index in [1.54, 1.807) is 12.1 Å². The van der Waals surface area contributed by atoms with Gasteiger partial charge in [0.05, 0.1) is 7.11 Å². The molecule has 3 nitrogen and oxygen atoms in total. The van der Waals surface area contributed by atoms with Gasteiger partial charge in [-0.1, -0.05) is 0 Å². The van der Waals surface area contributed by atoms with Crippen molar-refractivity contribution in [2.45, 2.75) is 18.7 Å². The zero-order valence-electron chi connectivity index (χ0n) is 8.23. The standard InChI is InChI=1S/C9H12O3S2/c1-6-4-8(12-3)9(5-7(6)2)14(10,11)13/h4-5H,1-3H3,(H,10,11,13). The molecule has 0 aliphatic heterocycles. The molecule has 1 aromatic rings. The maximum atomic E-state index is 11.3. The molecule has 1 unspecified atom stereocenters. The number of benzene rings is 1. The molecule has 0 spiro atoms. The normalized spacial score (nSPS) is 14.9. The average molecular weight is 232 g/mol. The second-order valence-corrected chi connectivity index (χ2v) is 5.81. The van der Waals surface area contributed by atoms with Gasteiger partial charge in [0, 0.05) is 11.2 Å². The van der Waals surface area contributed by atoms with E-state index in [9.17, 15) is 8.76 Å². The maximum Gasteiger partial charge on any atom is 0.174 e. The summed E-state index contributed by atoms with van der Waals surface area (Å²) in [5.41, 5.74) is 1.93. The Morgan fingerprint density at radius 1 is 1.36 bits per heavy atom. The van der Waals surface area contributed by atoms with Gasteiger partial charge in [0.25, 0.3) is 0 Å². The highest BCUT2D eigenvalue weighted by Crippen LogP contribution is 2.27. The van der Waals surface area contributed by atoms with Crippen LogP contribution in [-0.4, -0.2) is 15.9 Å². The molecule has 14 heavy (non-hydrogen) atoms. The van der Waals surface area contributed by atoms with Crippen LogP contribution in [0.2, 0.25) is 0 Å². The second-order valence-electron chi connectivity index (χ2n) is 3.06. The van der Waals surface area contributed by atoms with Crippen LogP contribution in [0.5, 0.6) is 5.75 Å². The minimum atomic E-state index is -3.38. The molecule has 0 aromatic heterocycles. The zero-order chi connectivity index (χ0) is 10.9. The van der Waals surface area contributed by atoms with Crippen molar-refractivity contribution in [2.75, 3.05) is 7.11 Å². The number of aryl methyl sites for hydroxylation is 2. The summed E-state index contributed by atoms with van der Waals surface area (Å²) >= 11 is 4.51. The lowest BCUT2D eigenvalue weighted by Gasteiger charge is -2.10. The van der Waals surface area contributed by atoms with Crippen LogP contribution in [0.3, 0.4) is 0 Å². The average Bonchev–Trinajstić information content (AvgIpc) is 2.07. The highest BCUT2D eigenvalue weighted by molar-refractivity contribution is 8.29. The van der Waals surface area contributed by atoms with Gasteiger partial charge in [-0.05, 0) is 37.1 Å². The first-order valence-corrected chi connectivity index (χ1v) is 6.43. The summed E-state index contributed by atoms with van der Waals surface area (Å²) in [6.07, 6.45) is 0. The SMILES string of the molecule is COc1cc(C)c(C)cc1S(=O)(O)=S. The molecule has 1 aromatic carbocycles. The van der Waals surface area contributed by atoms with Crippen LogP contribution in [0.1, 0.15) is 11.1 Å². The lowest BCUT2D eigenvalue weighted by molar-refractivity contribution is 0.401. The Kier molecular flexibility index (Phi) is 3.14. The summed E-state index contributed by atoms with van der Waals surface area (Å²) in [6.45, 7) is 3.77. The molecule has 1 atom stereocenters. The number of rotatable bonds is 2. The van der Waals surface area contributed by atoms with E-state index >= 15 is 0 Å². The summed E-state index contributed by atoms with van der Waals surface area (Å²) < 4.78 is 25.6. The van der Waals surface area contributed by atoms with Crippen LogP contribution < -0.4 is 4.74 Å². The fourth-order valence-electron chi connectivity index (χ4n) is 1.12. The highest BCUT2D eigenvalue weighted by Gasteiger charge is 2.14. The predicted octanol–water partition coefficient (Wildman–Crippen LogP) is 1.89. The Hall–Kier alpha value is -0.650. The van der Waals surface area contributed by atoms with Gasteiger partial charge in [-0.15, -0.1) is 0 Å². The molecule has 1 N–H and O–H groups in total. The van der Waals surface area contributed by atoms with E-state index in [1.807, 2.05) is 13.8 Å². The van der Waals surface area contributed by atoms with Gasteiger partial charge >= 0.3 is 0 Å². The Bertz CT molecular complexity index is 449. The lowest BCUT2D eigenvalue weighted by Crippen LogP contribution is -2.01. The Balaban J connectivity index is 3.51. The summed E-state index contributed by atoms with van der Waals surface area (Å²) in [5, 5.41) is 0. The van der Waals surface area contributed by atoms with Gasteiger partial charge < -0.3 is 9.29 Å². The molecule has 0 aliphatic rings. The summed E-state index contributed by atoms with van der Waals surface area (Å²) in [5.74, 6) is 0.371. The van der Waals surface area contributed by atoms with Crippen molar-refractivity contribution in [3.63, 3.8) is 0 Å². The predicted molar refractivity (Wildman–Crippen MR) is 58.9 cm³/mol. The highest BCUT2D eigenvalue weighted by atomic mass is 32.8. The molecule has 0 saturated carbocycles. The van der Waals surface area contributed by atoms with E-state index in [1.165, 1.54) is 7.11 Å². The van der Waals surface area contributed by atoms with Gasteiger partial charge in [-0.25, -0.2) is 4.21 Å².